The van der Waals surface area contributed by atoms with Crippen molar-refractivity contribution in [2.24, 2.45) is 0 Å². The van der Waals surface area contributed by atoms with Gasteiger partial charge >= 0.3 is 0 Å². The first-order valence-corrected chi connectivity index (χ1v) is 12.8. The van der Waals surface area contributed by atoms with Gasteiger partial charge in [-0.1, -0.05) is 38.1 Å². The number of benzene rings is 2. The SMILES string of the molecule is CC(C)Oc1ccc(/C(O)=C2\C(=O)C(=O)N(CCN3CCNCC3)[C@H]2c2ccc(C(C)C)cc2)cc1. The molecule has 2 aromatic rings. The topological polar surface area (TPSA) is 82.1 Å². The van der Waals surface area contributed by atoms with Crippen LogP contribution in [0, 0.1) is 0 Å². The van der Waals surface area contributed by atoms with E-state index in [-0.39, 0.29) is 17.4 Å². The van der Waals surface area contributed by atoms with Crippen LogP contribution in [0.1, 0.15) is 56.3 Å². The number of piperazine rings is 1. The molecule has 36 heavy (non-hydrogen) atoms. The minimum Gasteiger partial charge on any atom is -0.507 e. The number of carbonyl (C=O) groups is 2. The Balaban J connectivity index is 1.70. The molecule has 1 atom stereocenters. The molecule has 2 saturated heterocycles. The highest BCUT2D eigenvalue weighted by Crippen LogP contribution is 2.39. The van der Waals surface area contributed by atoms with E-state index in [2.05, 4.69) is 24.1 Å². The molecular formula is C29H37N3O4. The molecule has 2 aromatic carbocycles. The van der Waals surface area contributed by atoms with Gasteiger partial charge in [-0.05, 0) is 55.2 Å². The van der Waals surface area contributed by atoms with Crippen molar-refractivity contribution in [3.05, 3.63) is 70.8 Å². The lowest BCUT2D eigenvalue weighted by Gasteiger charge is -2.31. The summed E-state index contributed by atoms with van der Waals surface area (Å²) in [5.74, 6) is -0.326. The third kappa shape index (κ3) is 5.63. The Morgan fingerprint density at radius 3 is 2.19 bits per heavy atom. The number of carbonyl (C=O) groups excluding carboxylic acids is 2. The maximum Gasteiger partial charge on any atom is 0.295 e. The van der Waals surface area contributed by atoms with Crippen LogP contribution in [0.15, 0.2) is 54.1 Å². The van der Waals surface area contributed by atoms with Crippen LogP contribution in [0.3, 0.4) is 0 Å². The number of nitrogens with one attached hydrogen (secondary N) is 1. The van der Waals surface area contributed by atoms with E-state index in [1.807, 2.05) is 38.1 Å². The maximum atomic E-state index is 13.3. The zero-order chi connectivity index (χ0) is 25.8. The second-order valence-corrected chi connectivity index (χ2v) is 10.1. The number of hydrogen-bond acceptors (Lipinski definition) is 6. The Hall–Kier alpha value is -3.16. The summed E-state index contributed by atoms with van der Waals surface area (Å²) in [5.41, 5.74) is 2.61. The summed E-state index contributed by atoms with van der Waals surface area (Å²) in [6.45, 7) is 12.9. The van der Waals surface area contributed by atoms with Gasteiger partial charge in [-0.2, -0.15) is 0 Å². The largest absolute Gasteiger partial charge is 0.507 e. The number of nitrogens with zero attached hydrogens (tertiary/aromatic N) is 2. The van der Waals surface area contributed by atoms with Gasteiger partial charge in [-0.15, -0.1) is 0 Å². The fraction of sp³-hybridized carbons (Fsp3) is 0.448. The van der Waals surface area contributed by atoms with Gasteiger partial charge in [0.2, 0.25) is 0 Å². The van der Waals surface area contributed by atoms with Crippen molar-refractivity contribution in [3.8, 4) is 5.75 Å². The maximum absolute atomic E-state index is 13.3. The normalized spacial score (nSPS) is 20.5. The van der Waals surface area contributed by atoms with E-state index < -0.39 is 17.7 Å². The fourth-order valence-corrected chi connectivity index (χ4v) is 4.82. The van der Waals surface area contributed by atoms with Gasteiger partial charge in [0.1, 0.15) is 11.5 Å². The van der Waals surface area contributed by atoms with Gasteiger partial charge in [0.25, 0.3) is 11.7 Å². The summed E-state index contributed by atoms with van der Waals surface area (Å²) in [6, 6.07) is 14.3. The van der Waals surface area contributed by atoms with E-state index in [0.717, 1.165) is 31.7 Å². The van der Waals surface area contributed by atoms with Crippen molar-refractivity contribution in [2.45, 2.75) is 45.8 Å². The summed E-state index contributed by atoms with van der Waals surface area (Å²) in [4.78, 5) is 30.4. The Kier molecular flexibility index (Phi) is 8.11. The zero-order valence-electron chi connectivity index (χ0n) is 21.7. The first kappa shape index (κ1) is 25.9. The molecule has 4 rings (SSSR count). The van der Waals surface area contributed by atoms with Crippen LogP contribution >= 0.6 is 0 Å². The molecule has 0 saturated carbocycles. The lowest BCUT2D eigenvalue weighted by Crippen LogP contribution is -2.46. The molecule has 192 valence electrons. The molecule has 0 radical (unpaired) electrons. The highest BCUT2D eigenvalue weighted by atomic mass is 16.5. The molecule has 0 aliphatic carbocycles. The highest BCUT2D eigenvalue weighted by Gasteiger charge is 2.46. The predicted molar refractivity (Wildman–Crippen MR) is 141 cm³/mol. The van der Waals surface area contributed by atoms with Crippen molar-refractivity contribution in [1.82, 2.24) is 15.1 Å². The highest BCUT2D eigenvalue weighted by molar-refractivity contribution is 6.46. The fourth-order valence-electron chi connectivity index (χ4n) is 4.82. The van der Waals surface area contributed by atoms with E-state index in [1.165, 1.54) is 5.56 Å². The molecule has 0 spiro atoms. The van der Waals surface area contributed by atoms with Gasteiger partial charge in [-0.3, -0.25) is 14.5 Å². The van der Waals surface area contributed by atoms with Gasteiger partial charge in [0.15, 0.2) is 0 Å². The van der Waals surface area contributed by atoms with Gasteiger partial charge in [-0.25, -0.2) is 0 Å². The number of aliphatic hydroxyl groups excluding tert-OH is 1. The molecular weight excluding hydrogens is 454 g/mol. The van der Waals surface area contributed by atoms with Crippen LogP contribution in [-0.4, -0.2) is 72.0 Å². The quantitative estimate of drug-likeness (QED) is 0.331. The summed E-state index contributed by atoms with van der Waals surface area (Å²) < 4.78 is 5.70. The van der Waals surface area contributed by atoms with Crippen LogP contribution in [0.2, 0.25) is 0 Å². The molecule has 2 fully saturated rings. The average Bonchev–Trinajstić information content (AvgIpc) is 3.12. The third-order valence-corrected chi connectivity index (χ3v) is 6.83. The minimum absolute atomic E-state index is 0.0271. The Morgan fingerprint density at radius 2 is 1.61 bits per heavy atom. The summed E-state index contributed by atoms with van der Waals surface area (Å²) in [6.07, 6.45) is 0.0271. The number of hydrogen-bond donors (Lipinski definition) is 2. The van der Waals surface area contributed by atoms with Crippen LogP contribution in [-0.2, 0) is 9.59 Å². The van der Waals surface area contributed by atoms with Crippen molar-refractivity contribution < 1.29 is 19.4 Å². The lowest BCUT2D eigenvalue weighted by molar-refractivity contribution is -0.140. The minimum atomic E-state index is -0.645. The van der Waals surface area contributed by atoms with Crippen LogP contribution < -0.4 is 10.1 Å². The monoisotopic (exact) mass is 491 g/mol. The first-order chi connectivity index (χ1) is 17.3. The van der Waals surface area contributed by atoms with E-state index in [0.29, 0.717) is 30.3 Å². The number of aliphatic hydroxyl groups is 1. The second-order valence-electron chi connectivity index (χ2n) is 10.1. The van der Waals surface area contributed by atoms with Gasteiger partial charge < -0.3 is 20.1 Å². The molecule has 0 unspecified atom stereocenters. The number of ketones is 1. The number of Topliss-reactive ketones (excluding diaryl/α,β-unsaturated/α-hetero) is 1. The number of ether oxygens (including phenoxy) is 1. The van der Waals surface area contributed by atoms with E-state index in [4.69, 9.17) is 4.74 Å². The van der Waals surface area contributed by atoms with Crippen molar-refractivity contribution in [3.63, 3.8) is 0 Å². The Bertz CT molecular complexity index is 1100. The molecule has 7 heteroatoms. The Morgan fingerprint density at radius 1 is 0.972 bits per heavy atom. The first-order valence-electron chi connectivity index (χ1n) is 12.8. The molecule has 2 aliphatic rings. The van der Waals surface area contributed by atoms with Crippen LogP contribution in [0.25, 0.3) is 5.76 Å². The molecule has 2 aliphatic heterocycles. The second kappa shape index (κ2) is 11.3. The molecule has 2 N–H and O–H groups in total. The van der Waals surface area contributed by atoms with Crippen molar-refractivity contribution >= 4 is 17.4 Å². The van der Waals surface area contributed by atoms with Gasteiger partial charge in [0, 0.05) is 44.8 Å². The smallest absolute Gasteiger partial charge is 0.295 e. The van der Waals surface area contributed by atoms with E-state index in [9.17, 15) is 14.7 Å². The summed E-state index contributed by atoms with van der Waals surface area (Å²) in [5, 5.41) is 14.6. The van der Waals surface area contributed by atoms with Crippen LogP contribution in [0.4, 0.5) is 0 Å². The zero-order valence-corrected chi connectivity index (χ0v) is 21.7. The van der Waals surface area contributed by atoms with Gasteiger partial charge in [0.05, 0.1) is 17.7 Å². The van der Waals surface area contributed by atoms with Crippen LogP contribution in [0.5, 0.6) is 5.75 Å². The number of rotatable bonds is 8. The van der Waals surface area contributed by atoms with E-state index >= 15 is 0 Å². The number of amides is 1. The predicted octanol–water partition coefficient (Wildman–Crippen LogP) is 3.92. The molecule has 1 amide bonds. The van der Waals surface area contributed by atoms with Crippen molar-refractivity contribution in [1.29, 1.82) is 0 Å². The standard InChI is InChI=1S/C29H37N3O4/c1-19(2)21-5-7-22(8-6-21)26-25(27(33)23-9-11-24(12-10-23)36-20(3)4)28(34)29(35)32(26)18-17-31-15-13-30-14-16-31/h5-12,19-20,26,30,33H,13-18H2,1-4H3/b27-25+/t26-/m0/s1. The third-order valence-electron chi connectivity index (χ3n) is 6.83. The lowest BCUT2D eigenvalue weighted by atomic mass is 9.93. The van der Waals surface area contributed by atoms with Crippen molar-refractivity contribution in [2.75, 3.05) is 39.3 Å². The molecule has 0 aromatic heterocycles. The average molecular weight is 492 g/mol. The molecule has 2 heterocycles. The Labute approximate surface area is 213 Å². The molecule has 0 bridgehead atoms. The number of likely N-dealkylation sites (tertiary alicyclic amines) is 1. The molecule has 7 nitrogen and oxygen atoms in total. The van der Waals surface area contributed by atoms with E-state index in [1.54, 1.807) is 29.2 Å². The summed E-state index contributed by atoms with van der Waals surface area (Å²) in [7, 11) is 0. The summed E-state index contributed by atoms with van der Waals surface area (Å²) >= 11 is 0.